The minimum Gasteiger partial charge on any atom is -0.341 e. The quantitative estimate of drug-likeness (QED) is 0.825. The first-order chi connectivity index (χ1) is 6.59. The Bertz CT molecular complexity index is 478. The summed E-state index contributed by atoms with van der Waals surface area (Å²) in [7, 11) is 0. The Hall–Kier alpha value is -0.940. The first kappa shape index (κ1) is 9.61. The van der Waals surface area contributed by atoms with E-state index in [0.29, 0.717) is 21.3 Å². The Labute approximate surface area is 88.6 Å². The van der Waals surface area contributed by atoms with Gasteiger partial charge in [-0.05, 0) is 35.0 Å². The number of aromatic nitrogens is 2. The molecule has 0 aliphatic heterocycles. The molecule has 0 bridgehead atoms. The second-order valence-corrected chi connectivity index (χ2v) is 4.02. The third kappa shape index (κ3) is 1.42. The molecule has 1 aromatic carbocycles. The Kier molecular flexibility index (Phi) is 2.28. The number of H-pyrrole nitrogens is 1. The second kappa shape index (κ2) is 3.33. The van der Waals surface area contributed by atoms with Crippen LogP contribution in [0.5, 0.6) is 0 Å². The van der Waals surface area contributed by atoms with Gasteiger partial charge in [-0.25, -0.2) is 9.37 Å². The molecule has 0 saturated carbocycles. The van der Waals surface area contributed by atoms with Gasteiger partial charge in [0.2, 0.25) is 0 Å². The molecule has 0 aliphatic carbocycles. The van der Waals surface area contributed by atoms with Crippen LogP contribution in [0.3, 0.4) is 0 Å². The normalized spacial score (nSPS) is 13.4. The third-order valence-corrected chi connectivity index (χ3v) is 2.61. The summed E-state index contributed by atoms with van der Waals surface area (Å²) in [5, 5.41) is 0. The van der Waals surface area contributed by atoms with Crippen LogP contribution in [0.1, 0.15) is 18.8 Å². The molecule has 0 spiro atoms. The van der Waals surface area contributed by atoms with Crippen LogP contribution in [0.2, 0.25) is 0 Å². The monoisotopic (exact) mass is 257 g/mol. The molecule has 1 heterocycles. The van der Waals surface area contributed by atoms with Crippen molar-refractivity contribution in [3.05, 3.63) is 28.2 Å². The predicted octanol–water partition coefficient (Wildman–Crippen LogP) is 2.48. The molecule has 0 unspecified atom stereocenters. The van der Waals surface area contributed by atoms with E-state index >= 15 is 0 Å². The Morgan fingerprint density at radius 3 is 2.93 bits per heavy atom. The lowest BCUT2D eigenvalue weighted by molar-refractivity contribution is 0.630. The largest absolute Gasteiger partial charge is 0.341 e. The number of rotatable bonds is 1. The van der Waals surface area contributed by atoms with Crippen LogP contribution in [0.25, 0.3) is 11.0 Å². The highest BCUT2D eigenvalue weighted by atomic mass is 79.9. The van der Waals surface area contributed by atoms with Gasteiger partial charge in [-0.1, -0.05) is 0 Å². The molecule has 1 atom stereocenters. The number of nitrogens with two attached hydrogens (primary N) is 1. The molecule has 3 N–H and O–H groups in total. The zero-order valence-corrected chi connectivity index (χ0v) is 9.10. The number of benzene rings is 1. The van der Waals surface area contributed by atoms with Crippen molar-refractivity contribution in [2.75, 3.05) is 0 Å². The van der Waals surface area contributed by atoms with Crippen LogP contribution in [0, 0.1) is 5.82 Å². The maximum atomic E-state index is 13.5. The number of nitrogens with one attached hydrogen (secondary N) is 1. The standard InChI is InChI=1S/C9H9BrFN3/c1-4(12)9-13-6-3-2-5(10)7(11)8(6)14-9/h2-4H,12H2,1H3,(H,13,14)/t4-/m0/s1. The van der Waals surface area contributed by atoms with Crippen LogP contribution in [-0.2, 0) is 0 Å². The molecule has 74 valence electrons. The van der Waals surface area contributed by atoms with Gasteiger partial charge in [0.15, 0.2) is 5.82 Å². The Balaban J connectivity index is 2.71. The molecule has 2 aromatic rings. The highest BCUT2D eigenvalue weighted by molar-refractivity contribution is 9.10. The first-order valence-electron chi connectivity index (χ1n) is 4.19. The molecule has 0 saturated heterocycles. The van der Waals surface area contributed by atoms with Crippen LogP contribution < -0.4 is 5.73 Å². The van der Waals surface area contributed by atoms with Crippen molar-refractivity contribution < 1.29 is 4.39 Å². The highest BCUT2D eigenvalue weighted by Crippen LogP contribution is 2.24. The molecule has 14 heavy (non-hydrogen) atoms. The van der Waals surface area contributed by atoms with E-state index in [9.17, 15) is 4.39 Å². The van der Waals surface area contributed by atoms with Crippen LogP contribution in [0.4, 0.5) is 4.39 Å². The molecule has 5 heteroatoms. The maximum absolute atomic E-state index is 13.5. The van der Waals surface area contributed by atoms with E-state index in [4.69, 9.17) is 5.73 Å². The number of fused-ring (bicyclic) bond motifs is 1. The Morgan fingerprint density at radius 1 is 1.57 bits per heavy atom. The first-order valence-corrected chi connectivity index (χ1v) is 4.98. The van der Waals surface area contributed by atoms with Crippen molar-refractivity contribution in [1.82, 2.24) is 9.97 Å². The van der Waals surface area contributed by atoms with Gasteiger partial charge in [-0.3, -0.25) is 0 Å². The van der Waals surface area contributed by atoms with E-state index in [1.54, 1.807) is 19.1 Å². The van der Waals surface area contributed by atoms with Crippen molar-refractivity contribution in [3.63, 3.8) is 0 Å². The summed E-state index contributed by atoms with van der Waals surface area (Å²) in [6.07, 6.45) is 0. The van der Waals surface area contributed by atoms with Crippen molar-refractivity contribution in [1.29, 1.82) is 0 Å². The lowest BCUT2D eigenvalue weighted by Crippen LogP contribution is -2.06. The van der Waals surface area contributed by atoms with Crippen LogP contribution >= 0.6 is 15.9 Å². The van der Waals surface area contributed by atoms with Crippen LogP contribution in [0.15, 0.2) is 16.6 Å². The molecule has 0 fully saturated rings. The summed E-state index contributed by atoms with van der Waals surface area (Å²) in [5.74, 6) is 0.239. The summed E-state index contributed by atoms with van der Waals surface area (Å²) < 4.78 is 13.9. The minimum atomic E-state index is -0.356. The van der Waals surface area contributed by atoms with Crippen molar-refractivity contribution in [3.8, 4) is 0 Å². The fourth-order valence-electron chi connectivity index (χ4n) is 1.25. The van der Waals surface area contributed by atoms with E-state index < -0.39 is 0 Å². The summed E-state index contributed by atoms with van der Waals surface area (Å²) in [6, 6.07) is 3.18. The lowest BCUT2D eigenvalue weighted by atomic mass is 10.3. The van der Waals surface area contributed by atoms with Gasteiger partial charge in [0, 0.05) is 0 Å². The van der Waals surface area contributed by atoms with E-state index in [1.165, 1.54) is 0 Å². The lowest BCUT2D eigenvalue weighted by Gasteiger charge is -1.96. The molecular weight excluding hydrogens is 249 g/mol. The number of halogens is 2. The van der Waals surface area contributed by atoms with Gasteiger partial charge < -0.3 is 10.7 Å². The topological polar surface area (TPSA) is 54.7 Å². The molecule has 0 aliphatic rings. The van der Waals surface area contributed by atoms with Crippen molar-refractivity contribution >= 4 is 27.0 Å². The van der Waals surface area contributed by atoms with E-state index in [0.717, 1.165) is 0 Å². The average molecular weight is 258 g/mol. The smallest absolute Gasteiger partial charge is 0.165 e. The summed E-state index contributed by atoms with van der Waals surface area (Å²) >= 11 is 3.10. The number of imidazole rings is 1. The van der Waals surface area contributed by atoms with E-state index in [-0.39, 0.29) is 11.9 Å². The third-order valence-electron chi connectivity index (χ3n) is 2.00. The van der Waals surface area contributed by atoms with Crippen molar-refractivity contribution in [2.24, 2.45) is 5.73 Å². The van der Waals surface area contributed by atoms with Gasteiger partial charge in [0.25, 0.3) is 0 Å². The fraction of sp³-hybridized carbons (Fsp3) is 0.222. The van der Waals surface area contributed by atoms with Gasteiger partial charge >= 0.3 is 0 Å². The molecule has 3 nitrogen and oxygen atoms in total. The minimum absolute atomic E-state index is 0.222. The summed E-state index contributed by atoms with van der Waals surface area (Å²) in [5.41, 5.74) is 6.63. The highest BCUT2D eigenvalue weighted by Gasteiger charge is 2.11. The maximum Gasteiger partial charge on any atom is 0.165 e. The molecule has 2 rings (SSSR count). The fourth-order valence-corrected chi connectivity index (χ4v) is 1.57. The second-order valence-electron chi connectivity index (χ2n) is 3.17. The number of hydrogen-bond acceptors (Lipinski definition) is 2. The van der Waals surface area contributed by atoms with Gasteiger partial charge in [-0.2, -0.15) is 0 Å². The molecule has 0 radical (unpaired) electrons. The van der Waals surface area contributed by atoms with E-state index in [2.05, 4.69) is 25.9 Å². The molecule has 0 amide bonds. The summed E-state index contributed by atoms with van der Waals surface area (Å²) in [4.78, 5) is 7.05. The number of aromatic amines is 1. The predicted molar refractivity (Wildman–Crippen MR) is 56.4 cm³/mol. The zero-order chi connectivity index (χ0) is 10.3. The van der Waals surface area contributed by atoms with Crippen molar-refractivity contribution in [2.45, 2.75) is 13.0 Å². The van der Waals surface area contributed by atoms with Gasteiger partial charge in [0.1, 0.15) is 11.3 Å². The van der Waals surface area contributed by atoms with Crippen LogP contribution in [-0.4, -0.2) is 9.97 Å². The average Bonchev–Trinajstić information content (AvgIpc) is 2.56. The molecule has 1 aromatic heterocycles. The van der Waals surface area contributed by atoms with E-state index in [1.807, 2.05) is 0 Å². The number of nitrogens with zero attached hydrogens (tertiary/aromatic N) is 1. The van der Waals surface area contributed by atoms with Gasteiger partial charge in [0.05, 0.1) is 16.0 Å². The molecular formula is C9H9BrFN3. The SMILES string of the molecule is C[C@H](N)c1nc2c(F)c(Br)ccc2[nH]1. The number of hydrogen-bond donors (Lipinski definition) is 2. The van der Waals surface area contributed by atoms with Gasteiger partial charge in [-0.15, -0.1) is 0 Å². The Morgan fingerprint density at radius 2 is 2.29 bits per heavy atom. The summed E-state index contributed by atoms with van der Waals surface area (Å²) in [6.45, 7) is 1.80. The zero-order valence-electron chi connectivity index (χ0n) is 7.51.